The zero-order valence-electron chi connectivity index (χ0n) is 19.3. The van der Waals surface area contributed by atoms with Crippen LogP contribution >= 0.6 is 11.6 Å². The van der Waals surface area contributed by atoms with Crippen LogP contribution in [0.4, 0.5) is 19.0 Å². The van der Waals surface area contributed by atoms with Gasteiger partial charge in [0.25, 0.3) is 0 Å². The first-order valence-corrected chi connectivity index (χ1v) is 11.5. The molecule has 1 atom stereocenters. The predicted octanol–water partition coefficient (Wildman–Crippen LogP) is 4.99. The molecule has 1 saturated heterocycles. The van der Waals surface area contributed by atoms with Gasteiger partial charge in [0.05, 0.1) is 13.7 Å². The molecule has 0 radical (unpaired) electrons. The number of hydrogen-bond donors (Lipinski definition) is 1. The Hall–Kier alpha value is -3.44. The lowest BCUT2D eigenvalue weighted by atomic mass is 10.2. The Kier molecular flexibility index (Phi) is 7.60. The molecular formula is C24H24ClF3N4O4. The molecule has 1 unspecified atom stereocenters. The quantitative estimate of drug-likeness (QED) is 0.415. The Labute approximate surface area is 210 Å². The van der Waals surface area contributed by atoms with Crippen molar-refractivity contribution in [3.8, 4) is 17.5 Å². The second kappa shape index (κ2) is 10.7. The van der Waals surface area contributed by atoms with Crippen molar-refractivity contribution < 1.29 is 32.2 Å². The number of esters is 1. The number of aromatic nitrogens is 2. The number of hydrogen-bond acceptors (Lipinski definition) is 7. The fourth-order valence-corrected chi connectivity index (χ4v) is 4.24. The summed E-state index contributed by atoms with van der Waals surface area (Å²) in [7, 11) is 1.26. The van der Waals surface area contributed by atoms with Crippen molar-refractivity contribution in [2.45, 2.75) is 31.8 Å². The van der Waals surface area contributed by atoms with Gasteiger partial charge in [0.1, 0.15) is 11.5 Å². The van der Waals surface area contributed by atoms with Crippen LogP contribution in [0.25, 0.3) is 0 Å². The second-order valence-corrected chi connectivity index (χ2v) is 8.56. The summed E-state index contributed by atoms with van der Waals surface area (Å²) in [5.41, 5.74) is 6.88. The molecule has 3 aromatic rings. The number of alkyl halides is 3. The maximum atomic E-state index is 13.0. The van der Waals surface area contributed by atoms with Gasteiger partial charge in [-0.1, -0.05) is 29.8 Å². The average Bonchev–Trinajstić information content (AvgIpc) is 3.44. The van der Waals surface area contributed by atoms with Crippen LogP contribution in [0.3, 0.4) is 0 Å². The van der Waals surface area contributed by atoms with Crippen LogP contribution in [0, 0.1) is 0 Å². The third-order valence-corrected chi connectivity index (χ3v) is 5.97. The fourth-order valence-electron chi connectivity index (χ4n) is 4.12. The minimum absolute atomic E-state index is 0.00724. The number of imidazole rings is 1. The number of rotatable bonds is 8. The van der Waals surface area contributed by atoms with Gasteiger partial charge in [0.2, 0.25) is 0 Å². The minimum atomic E-state index is -4.86. The lowest BCUT2D eigenvalue weighted by molar-refractivity contribution is -0.274. The van der Waals surface area contributed by atoms with Crippen LogP contribution in [0.15, 0.2) is 48.5 Å². The Morgan fingerprint density at radius 1 is 1.19 bits per heavy atom. The van der Waals surface area contributed by atoms with E-state index in [1.165, 1.54) is 23.8 Å². The van der Waals surface area contributed by atoms with E-state index >= 15 is 0 Å². The number of benzene rings is 2. The molecular weight excluding hydrogens is 501 g/mol. The molecule has 0 bridgehead atoms. The van der Waals surface area contributed by atoms with Crippen molar-refractivity contribution in [1.82, 2.24) is 9.55 Å². The normalized spacial score (nSPS) is 15.7. The van der Waals surface area contributed by atoms with Crippen LogP contribution in [-0.4, -0.2) is 48.1 Å². The number of halogens is 4. The molecule has 2 heterocycles. The molecule has 192 valence electrons. The first-order valence-electron chi connectivity index (χ1n) is 11.1. The Bertz CT molecular complexity index is 1220. The van der Waals surface area contributed by atoms with Crippen molar-refractivity contribution in [1.29, 1.82) is 0 Å². The van der Waals surface area contributed by atoms with Gasteiger partial charge in [0, 0.05) is 30.2 Å². The lowest BCUT2D eigenvalue weighted by Gasteiger charge is -2.24. The van der Waals surface area contributed by atoms with Crippen LogP contribution in [-0.2, 0) is 11.3 Å². The Morgan fingerprint density at radius 3 is 2.58 bits per heavy atom. The molecule has 36 heavy (non-hydrogen) atoms. The molecule has 12 heteroatoms. The third kappa shape index (κ3) is 5.85. The minimum Gasteiger partial charge on any atom is -0.464 e. The molecule has 2 N–H and O–H groups in total. The first kappa shape index (κ1) is 25.6. The number of nitrogens with two attached hydrogens (primary N) is 1. The summed E-state index contributed by atoms with van der Waals surface area (Å²) in [6.07, 6.45) is -3.17. The molecule has 8 nitrogen and oxygen atoms in total. The number of ether oxygens (including phenoxy) is 3. The van der Waals surface area contributed by atoms with E-state index in [4.69, 9.17) is 26.8 Å². The van der Waals surface area contributed by atoms with Gasteiger partial charge in [-0.15, -0.1) is 13.2 Å². The SMILES string of the molecule is COC(=O)c1c(N2CCCC2CN)nc(Oc2cccc(OC(F)(F)F)c2)n1Cc1ccc(Cl)cc1. The van der Waals surface area contributed by atoms with Gasteiger partial charge in [-0.3, -0.25) is 4.57 Å². The van der Waals surface area contributed by atoms with E-state index < -0.39 is 18.1 Å². The summed E-state index contributed by atoms with van der Waals surface area (Å²) in [4.78, 5) is 19.5. The molecule has 4 rings (SSSR count). The summed E-state index contributed by atoms with van der Waals surface area (Å²) in [6.45, 7) is 1.14. The zero-order chi connectivity index (χ0) is 25.9. The van der Waals surface area contributed by atoms with Gasteiger partial charge in [-0.25, -0.2) is 4.79 Å². The lowest BCUT2D eigenvalue weighted by Crippen LogP contribution is -2.36. The summed E-state index contributed by atoms with van der Waals surface area (Å²) in [6, 6.07) is 12.0. The molecule has 0 aliphatic carbocycles. The van der Waals surface area contributed by atoms with Crippen molar-refractivity contribution in [2.75, 3.05) is 25.1 Å². The third-order valence-electron chi connectivity index (χ3n) is 5.72. The summed E-state index contributed by atoms with van der Waals surface area (Å²) >= 11 is 6.01. The van der Waals surface area contributed by atoms with Crippen LogP contribution in [0.1, 0.15) is 28.9 Å². The van der Waals surface area contributed by atoms with E-state index in [1.807, 2.05) is 4.90 Å². The van der Waals surface area contributed by atoms with Crippen LogP contribution in [0.5, 0.6) is 17.5 Å². The molecule has 1 aliphatic rings. The van der Waals surface area contributed by atoms with Crippen LogP contribution < -0.4 is 20.1 Å². The van der Waals surface area contributed by atoms with E-state index in [-0.39, 0.29) is 30.0 Å². The number of anilines is 1. The highest BCUT2D eigenvalue weighted by Gasteiger charge is 2.34. The average molecular weight is 525 g/mol. The van der Waals surface area contributed by atoms with E-state index in [1.54, 1.807) is 24.3 Å². The summed E-state index contributed by atoms with van der Waals surface area (Å²) < 4.78 is 54.6. The topological polar surface area (TPSA) is 91.8 Å². The van der Waals surface area contributed by atoms with E-state index in [9.17, 15) is 18.0 Å². The molecule has 1 aliphatic heterocycles. The Morgan fingerprint density at radius 2 is 1.92 bits per heavy atom. The van der Waals surface area contributed by atoms with Crippen LogP contribution in [0.2, 0.25) is 5.02 Å². The highest BCUT2D eigenvalue weighted by atomic mass is 35.5. The largest absolute Gasteiger partial charge is 0.573 e. The molecule has 0 spiro atoms. The fraction of sp³-hybridized carbons (Fsp3) is 0.333. The Balaban J connectivity index is 1.80. The van der Waals surface area contributed by atoms with Crippen molar-refractivity contribution in [3.05, 3.63) is 64.8 Å². The van der Waals surface area contributed by atoms with Gasteiger partial charge < -0.3 is 24.8 Å². The molecule has 0 amide bonds. The molecule has 1 fully saturated rings. The van der Waals surface area contributed by atoms with E-state index in [0.717, 1.165) is 30.5 Å². The second-order valence-electron chi connectivity index (χ2n) is 8.12. The molecule has 1 aromatic heterocycles. The van der Waals surface area contributed by atoms with E-state index in [0.29, 0.717) is 23.9 Å². The monoisotopic (exact) mass is 524 g/mol. The standard InChI is InChI=1S/C24H24ClF3N4O4/c1-34-22(33)20-21(31-11-3-4-17(31)13-29)30-23(32(20)14-15-7-9-16(25)10-8-15)35-18-5-2-6-19(12-18)36-24(26,27)28/h2,5-10,12,17H,3-4,11,13-14,29H2,1H3. The van der Waals surface area contributed by atoms with Gasteiger partial charge >= 0.3 is 18.3 Å². The van der Waals surface area contributed by atoms with E-state index in [2.05, 4.69) is 9.72 Å². The molecule has 0 saturated carbocycles. The molecule has 2 aromatic carbocycles. The van der Waals surface area contributed by atoms with Crippen molar-refractivity contribution in [3.63, 3.8) is 0 Å². The number of methoxy groups -OCH3 is 1. The smallest absolute Gasteiger partial charge is 0.464 e. The van der Waals surface area contributed by atoms with Crippen molar-refractivity contribution >= 4 is 23.4 Å². The first-order chi connectivity index (χ1) is 17.2. The summed E-state index contributed by atoms with van der Waals surface area (Å²) in [5.74, 6) is -0.717. The van der Waals surface area contributed by atoms with Gasteiger partial charge in [-0.05, 0) is 42.7 Å². The van der Waals surface area contributed by atoms with Gasteiger partial charge in [-0.2, -0.15) is 4.98 Å². The van der Waals surface area contributed by atoms with Gasteiger partial charge in [0.15, 0.2) is 11.5 Å². The maximum absolute atomic E-state index is 13.0. The van der Waals surface area contributed by atoms with Crippen molar-refractivity contribution in [2.24, 2.45) is 5.73 Å². The number of nitrogens with zero attached hydrogens (tertiary/aromatic N) is 3. The summed E-state index contributed by atoms with van der Waals surface area (Å²) in [5, 5.41) is 0.541. The predicted molar refractivity (Wildman–Crippen MR) is 127 cm³/mol. The maximum Gasteiger partial charge on any atom is 0.573 e. The highest BCUT2D eigenvalue weighted by molar-refractivity contribution is 6.30. The number of carbonyl (C=O) groups excluding carboxylic acids is 1. The highest BCUT2D eigenvalue weighted by Crippen LogP contribution is 2.35. The number of carbonyl (C=O) groups is 1. The zero-order valence-corrected chi connectivity index (χ0v) is 20.1.